The van der Waals surface area contributed by atoms with Gasteiger partial charge < -0.3 is 18.0 Å². The van der Waals surface area contributed by atoms with Crippen molar-refractivity contribution in [3.05, 3.63) is 0 Å². The van der Waals surface area contributed by atoms with Gasteiger partial charge in [0.05, 0.1) is 12.2 Å². The third-order valence-corrected chi connectivity index (χ3v) is 7.72. The smallest absolute Gasteiger partial charge is 0.377 e. The van der Waals surface area contributed by atoms with Gasteiger partial charge in [-0.25, -0.2) is 0 Å². The van der Waals surface area contributed by atoms with Crippen LogP contribution in [0.3, 0.4) is 0 Å². The fourth-order valence-electron chi connectivity index (χ4n) is 3.43. The average Bonchev–Trinajstić information content (AvgIpc) is 3.26. The van der Waals surface area contributed by atoms with E-state index >= 15 is 0 Å². The molecule has 20 heavy (non-hydrogen) atoms. The first kappa shape index (κ1) is 16.4. The summed E-state index contributed by atoms with van der Waals surface area (Å²) in [5, 5.41) is 0. The van der Waals surface area contributed by atoms with E-state index < -0.39 is 8.80 Å². The lowest BCUT2D eigenvalue weighted by Gasteiger charge is -2.24. The van der Waals surface area contributed by atoms with Gasteiger partial charge in [0.15, 0.2) is 0 Å². The minimum atomic E-state index is -2.33. The van der Waals surface area contributed by atoms with E-state index in [2.05, 4.69) is 0 Å². The largest absolute Gasteiger partial charge is 0.500 e. The predicted octanol–water partition coefficient (Wildman–Crippen LogP) is 3.38. The second kappa shape index (κ2) is 7.89. The molecule has 1 heterocycles. The van der Waals surface area contributed by atoms with E-state index in [1.54, 1.807) is 21.3 Å². The summed E-state index contributed by atoms with van der Waals surface area (Å²) < 4.78 is 21.9. The first-order valence-electron chi connectivity index (χ1n) is 8.04. The summed E-state index contributed by atoms with van der Waals surface area (Å²) in [6.45, 7) is 0. The maximum absolute atomic E-state index is 5.59. The van der Waals surface area contributed by atoms with Gasteiger partial charge >= 0.3 is 8.80 Å². The van der Waals surface area contributed by atoms with Gasteiger partial charge in [-0.2, -0.15) is 0 Å². The number of fused-ring (bicyclic) bond motifs is 1. The van der Waals surface area contributed by atoms with Crippen molar-refractivity contribution in [3.8, 4) is 0 Å². The molecule has 2 fully saturated rings. The second-order valence-corrected chi connectivity index (χ2v) is 9.23. The topological polar surface area (TPSA) is 40.2 Å². The molecule has 118 valence electrons. The number of unbranched alkanes of at least 4 members (excludes halogenated alkanes) is 3. The molecule has 0 aromatic heterocycles. The van der Waals surface area contributed by atoms with Crippen molar-refractivity contribution in [1.82, 2.24) is 0 Å². The Labute approximate surface area is 124 Å². The molecule has 1 saturated heterocycles. The highest BCUT2D eigenvalue weighted by Crippen LogP contribution is 2.41. The number of rotatable bonds is 10. The zero-order valence-corrected chi connectivity index (χ0v) is 14.2. The molecule has 0 radical (unpaired) electrons. The summed E-state index contributed by atoms with van der Waals surface area (Å²) in [7, 11) is 2.74. The van der Waals surface area contributed by atoms with Crippen LogP contribution in [0.4, 0.5) is 0 Å². The van der Waals surface area contributed by atoms with Gasteiger partial charge in [0.25, 0.3) is 0 Å². The van der Waals surface area contributed by atoms with Gasteiger partial charge in [-0.05, 0) is 31.6 Å². The fourth-order valence-corrected chi connectivity index (χ4v) is 5.23. The van der Waals surface area contributed by atoms with E-state index in [-0.39, 0.29) is 0 Å². The third-order valence-electron chi connectivity index (χ3n) is 4.89. The zero-order chi connectivity index (χ0) is 14.4. The molecule has 2 aliphatic rings. The van der Waals surface area contributed by atoms with Crippen molar-refractivity contribution >= 4 is 8.80 Å². The molecule has 1 saturated carbocycles. The lowest BCUT2D eigenvalue weighted by Crippen LogP contribution is -2.42. The van der Waals surface area contributed by atoms with Crippen LogP contribution in [0.1, 0.15) is 51.4 Å². The molecule has 0 aromatic rings. The van der Waals surface area contributed by atoms with Crippen LogP contribution >= 0.6 is 0 Å². The Balaban J connectivity index is 1.48. The average molecular weight is 302 g/mol. The molecule has 5 heteroatoms. The van der Waals surface area contributed by atoms with Crippen LogP contribution in [-0.4, -0.2) is 42.3 Å². The number of hydrogen-bond donors (Lipinski definition) is 0. The molecule has 4 nitrogen and oxygen atoms in total. The Kier molecular flexibility index (Phi) is 6.48. The van der Waals surface area contributed by atoms with Gasteiger partial charge in [0.2, 0.25) is 0 Å². The lowest BCUT2D eigenvalue weighted by atomic mass is 9.85. The highest BCUT2D eigenvalue weighted by molar-refractivity contribution is 6.60. The molecule has 0 spiro atoms. The van der Waals surface area contributed by atoms with Gasteiger partial charge in [-0.3, -0.25) is 0 Å². The molecule has 0 bridgehead atoms. The first-order chi connectivity index (χ1) is 9.73. The van der Waals surface area contributed by atoms with Crippen molar-refractivity contribution in [1.29, 1.82) is 0 Å². The Bertz CT molecular complexity index is 275. The Morgan fingerprint density at radius 3 is 2.25 bits per heavy atom. The molecule has 3 unspecified atom stereocenters. The Morgan fingerprint density at radius 2 is 1.60 bits per heavy atom. The van der Waals surface area contributed by atoms with Crippen molar-refractivity contribution in [3.63, 3.8) is 0 Å². The SMILES string of the molecule is CO[Si](CCCCCCC1CCC2OC2C1)(OC)OC. The molecular weight excluding hydrogens is 272 g/mol. The second-order valence-electron chi connectivity index (χ2n) is 6.14. The molecular formula is C15H30O4Si. The van der Waals surface area contributed by atoms with Crippen LogP contribution in [0.15, 0.2) is 0 Å². The third kappa shape index (κ3) is 4.53. The molecule has 2 rings (SSSR count). The maximum Gasteiger partial charge on any atom is 0.500 e. The Hall–Kier alpha value is 0.0569. The quantitative estimate of drug-likeness (QED) is 0.352. The monoisotopic (exact) mass is 302 g/mol. The summed E-state index contributed by atoms with van der Waals surface area (Å²) in [5.74, 6) is 0.921. The highest BCUT2D eigenvalue weighted by atomic mass is 28.4. The molecule has 0 amide bonds. The molecule has 0 N–H and O–H groups in total. The summed E-state index contributed by atoms with van der Waals surface area (Å²) in [6.07, 6.45) is 11.7. The first-order valence-corrected chi connectivity index (χ1v) is 9.97. The van der Waals surface area contributed by atoms with E-state index in [4.69, 9.17) is 18.0 Å². The number of hydrogen-bond acceptors (Lipinski definition) is 4. The summed E-state index contributed by atoms with van der Waals surface area (Å²) in [4.78, 5) is 0. The minimum absolute atomic E-state index is 0.630. The summed E-state index contributed by atoms with van der Waals surface area (Å²) in [5.41, 5.74) is 0. The number of ether oxygens (including phenoxy) is 1. The summed E-state index contributed by atoms with van der Waals surface area (Å²) in [6, 6.07) is 0.928. The van der Waals surface area contributed by atoms with Crippen LogP contribution in [0.2, 0.25) is 6.04 Å². The van der Waals surface area contributed by atoms with E-state index in [0.29, 0.717) is 12.2 Å². The maximum atomic E-state index is 5.59. The van der Waals surface area contributed by atoms with Crippen molar-refractivity contribution in [2.24, 2.45) is 5.92 Å². The van der Waals surface area contributed by atoms with Crippen LogP contribution in [0.5, 0.6) is 0 Å². The van der Waals surface area contributed by atoms with Crippen LogP contribution < -0.4 is 0 Å². The normalized spacial score (nSPS) is 29.2. The van der Waals surface area contributed by atoms with E-state index in [1.165, 1.54) is 44.9 Å². The predicted molar refractivity (Wildman–Crippen MR) is 80.7 cm³/mol. The molecule has 3 atom stereocenters. The molecule has 1 aliphatic heterocycles. The summed E-state index contributed by atoms with van der Waals surface area (Å²) >= 11 is 0. The van der Waals surface area contributed by atoms with Gasteiger partial charge in [0, 0.05) is 27.4 Å². The van der Waals surface area contributed by atoms with E-state index in [9.17, 15) is 0 Å². The zero-order valence-electron chi connectivity index (χ0n) is 13.2. The van der Waals surface area contributed by atoms with Crippen LogP contribution in [0, 0.1) is 5.92 Å². The fraction of sp³-hybridized carbons (Fsp3) is 1.00. The van der Waals surface area contributed by atoms with E-state index in [0.717, 1.165) is 18.4 Å². The minimum Gasteiger partial charge on any atom is -0.377 e. The van der Waals surface area contributed by atoms with Crippen molar-refractivity contribution < 1.29 is 18.0 Å². The highest BCUT2D eigenvalue weighted by Gasteiger charge is 2.43. The van der Waals surface area contributed by atoms with Crippen LogP contribution in [-0.2, 0) is 18.0 Å². The van der Waals surface area contributed by atoms with Crippen LogP contribution in [0.25, 0.3) is 0 Å². The van der Waals surface area contributed by atoms with Crippen molar-refractivity contribution in [2.75, 3.05) is 21.3 Å². The lowest BCUT2D eigenvalue weighted by molar-refractivity contribution is 0.122. The molecule has 1 aliphatic carbocycles. The van der Waals surface area contributed by atoms with Crippen molar-refractivity contribution in [2.45, 2.75) is 69.6 Å². The van der Waals surface area contributed by atoms with Gasteiger partial charge in [0.1, 0.15) is 0 Å². The van der Waals surface area contributed by atoms with Gasteiger partial charge in [-0.15, -0.1) is 0 Å². The standard InChI is InChI=1S/C15H30O4Si/c1-16-20(17-2,18-3)11-7-5-4-6-8-13-9-10-14-15(12-13)19-14/h13-15H,4-12H2,1-3H3. The Morgan fingerprint density at radius 1 is 0.900 bits per heavy atom. The van der Waals surface area contributed by atoms with Gasteiger partial charge in [-0.1, -0.05) is 25.7 Å². The van der Waals surface area contributed by atoms with E-state index in [1.807, 2.05) is 0 Å². The number of epoxide rings is 1. The molecule has 0 aromatic carbocycles.